The number of rotatable bonds is 43. The van der Waals surface area contributed by atoms with Crippen LogP contribution < -0.4 is 0 Å². The van der Waals surface area contributed by atoms with Gasteiger partial charge in [-0.2, -0.15) is 0 Å². The Morgan fingerprint density at radius 3 is 1.44 bits per heavy atom. The summed E-state index contributed by atoms with van der Waals surface area (Å²) in [7, 11) is 2.20. The summed E-state index contributed by atoms with van der Waals surface area (Å²) in [4.78, 5) is 43.8. The second kappa shape index (κ2) is 41.4. The number of esters is 2. The first-order valence-corrected chi connectivity index (χ1v) is 28.3. The fraction of sp³-hybridized carbons (Fsp3) is 0.845. The van der Waals surface area contributed by atoms with Crippen molar-refractivity contribution in [3.05, 3.63) is 35.9 Å². The predicted molar refractivity (Wildman–Crippen MR) is 277 cm³/mol. The Balaban J connectivity index is 1.85. The highest BCUT2D eigenvalue weighted by atomic mass is 16.6. The third-order valence-corrected chi connectivity index (χ3v) is 14.4. The van der Waals surface area contributed by atoms with Crippen molar-refractivity contribution in [2.45, 2.75) is 259 Å². The lowest BCUT2D eigenvalue weighted by atomic mass is 9.91. The molecule has 1 aliphatic heterocycles. The average Bonchev–Trinajstić information content (AvgIpc) is 3.33. The molecule has 1 fully saturated rings. The smallest absolute Gasteiger partial charge is 0.410 e. The summed E-state index contributed by atoms with van der Waals surface area (Å²) < 4.78 is 17.4. The number of nitrogens with zero attached hydrogens (tertiary/aromatic N) is 2. The molecule has 0 saturated carbocycles. The van der Waals surface area contributed by atoms with Crippen LogP contribution in [0.5, 0.6) is 0 Å². The summed E-state index contributed by atoms with van der Waals surface area (Å²) in [5.41, 5.74) is 1.01. The maximum Gasteiger partial charge on any atom is 0.410 e. The summed E-state index contributed by atoms with van der Waals surface area (Å²) in [5, 5.41) is 0. The number of unbranched alkanes of at least 4 members (excludes halogenated alkanes) is 16. The molecular weight excluding hydrogens is 821 g/mol. The minimum Gasteiger partial charge on any atom is -0.466 e. The fourth-order valence-electron chi connectivity index (χ4n) is 9.91. The van der Waals surface area contributed by atoms with Crippen LogP contribution in [0.3, 0.4) is 0 Å². The van der Waals surface area contributed by atoms with Crippen molar-refractivity contribution in [2.75, 3.05) is 39.9 Å². The number of benzene rings is 1. The molecular formula is C58H104N2O6. The summed E-state index contributed by atoms with van der Waals surface area (Å²) in [6.45, 7) is 13.3. The number of likely N-dealkylation sites (tertiary alicyclic amines) is 1. The number of ether oxygens (including phenoxy) is 3. The lowest BCUT2D eigenvalue weighted by Crippen LogP contribution is -2.45. The van der Waals surface area contributed by atoms with Crippen LogP contribution in [0.2, 0.25) is 0 Å². The van der Waals surface area contributed by atoms with Gasteiger partial charge in [-0.05, 0) is 94.8 Å². The van der Waals surface area contributed by atoms with E-state index in [-0.39, 0.29) is 24.1 Å². The van der Waals surface area contributed by atoms with Gasteiger partial charge in [-0.1, -0.05) is 212 Å². The van der Waals surface area contributed by atoms with Gasteiger partial charge in [0, 0.05) is 25.4 Å². The Bertz CT molecular complexity index is 1230. The van der Waals surface area contributed by atoms with Crippen LogP contribution in [0.1, 0.15) is 252 Å². The number of amides is 1. The van der Waals surface area contributed by atoms with E-state index in [1.54, 1.807) is 0 Å². The van der Waals surface area contributed by atoms with Gasteiger partial charge in [0.1, 0.15) is 6.61 Å². The van der Waals surface area contributed by atoms with Crippen molar-refractivity contribution in [3.63, 3.8) is 0 Å². The Morgan fingerprint density at radius 1 is 0.530 bits per heavy atom. The lowest BCUT2D eigenvalue weighted by Gasteiger charge is -2.37. The monoisotopic (exact) mass is 925 g/mol. The second-order valence-electron chi connectivity index (χ2n) is 20.4. The quantitative estimate of drug-likeness (QED) is 0.0366. The van der Waals surface area contributed by atoms with E-state index in [0.29, 0.717) is 50.4 Å². The standard InChI is InChI=1S/C58H104N2O6/c1-6-10-14-23-33-51(31-12-8-3)39-41-56(61)64-47-29-20-16-18-27-37-55(60(49-53-43-45-59(5)46-44-53)58(63)66-50-54-35-25-22-26-36-54)38-28-19-17-21-30-48-65-57(62)42-40-52(32-13-9-4)34-24-15-11-7-2/h22,25-26,35-36,51-53,55H,6-21,23-24,27-34,37-50H2,1-5H3. The zero-order chi connectivity index (χ0) is 47.7. The van der Waals surface area contributed by atoms with Gasteiger partial charge in [0.05, 0.1) is 13.2 Å². The minimum absolute atomic E-state index is 0.0231. The molecule has 2 rings (SSSR count). The highest BCUT2D eigenvalue weighted by Gasteiger charge is 2.29. The lowest BCUT2D eigenvalue weighted by molar-refractivity contribution is -0.145. The van der Waals surface area contributed by atoms with Crippen LogP contribution in [0, 0.1) is 17.8 Å². The Labute approximate surface area is 407 Å². The van der Waals surface area contributed by atoms with Crippen LogP contribution in [-0.4, -0.2) is 73.8 Å². The molecule has 0 aliphatic carbocycles. The van der Waals surface area contributed by atoms with Gasteiger partial charge in [0.25, 0.3) is 0 Å². The van der Waals surface area contributed by atoms with Crippen LogP contribution in [-0.2, 0) is 30.4 Å². The average molecular weight is 925 g/mol. The predicted octanol–water partition coefficient (Wildman–Crippen LogP) is 16.2. The zero-order valence-corrected chi connectivity index (χ0v) is 43.8. The normalized spacial score (nSPS) is 14.7. The molecule has 8 nitrogen and oxygen atoms in total. The van der Waals surface area contributed by atoms with E-state index in [2.05, 4.69) is 44.5 Å². The summed E-state index contributed by atoms with van der Waals surface area (Å²) in [6, 6.07) is 10.2. The maximum atomic E-state index is 14.0. The Morgan fingerprint density at radius 2 is 0.955 bits per heavy atom. The largest absolute Gasteiger partial charge is 0.466 e. The first-order valence-electron chi connectivity index (χ1n) is 28.3. The van der Waals surface area contributed by atoms with E-state index in [9.17, 15) is 14.4 Å². The molecule has 66 heavy (non-hydrogen) atoms. The van der Waals surface area contributed by atoms with Crippen molar-refractivity contribution in [1.82, 2.24) is 9.80 Å². The van der Waals surface area contributed by atoms with Gasteiger partial charge in [-0.25, -0.2) is 4.79 Å². The van der Waals surface area contributed by atoms with Crippen molar-refractivity contribution in [2.24, 2.45) is 17.8 Å². The molecule has 1 heterocycles. The third kappa shape index (κ3) is 31.4. The molecule has 8 heteroatoms. The van der Waals surface area contributed by atoms with Crippen LogP contribution in [0.15, 0.2) is 30.3 Å². The zero-order valence-electron chi connectivity index (χ0n) is 43.8. The highest BCUT2D eigenvalue weighted by molar-refractivity contribution is 5.69. The topological polar surface area (TPSA) is 85.4 Å². The maximum absolute atomic E-state index is 14.0. The van der Waals surface area contributed by atoms with Gasteiger partial charge in [0.15, 0.2) is 0 Å². The number of piperidine rings is 1. The van der Waals surface area contributed by atoms with Crippen molar-refractivity contribution in [1.29, 1.82) is 0 Å². The van der Waals surface area contributed by atoms with E-state index in [1.807, 2.05) is 30.3 Å². The Hall–Kier alpha value is -2.61. The van der Waals surface area contributed by atoms with E-state index in [1.165, 1.54) is 103 Å². The molecule has 0 bridgehead atoms. The molecule has 1 aromatic rings. The molecule has 382 valence electrons. The van der Waals surface area contributed by atoms with Crippen LogP contribution >= 0.6 is 0 Å². The number of hydrogen-bond donors (Lipinski definition) is 0. The summed E-state index contributed by atoms with van der Waals surface area (Å²) in [6.07, 6.45) is 37.8. The van der Waals surface area contributed by atoms with Crippen molar-refractivity contribution < 1.29 is 28.6 Å². The minimum atomic E-state index is -0.173. The van der Waals surface area contributed by atoms with E-state index in [4.69, 9.17) is 14.2 Å². The second-order valence-corrected chi connectivity index (χ2v) is 20.4. The van der Waals surface area contributed by atoms with Gasteiger partial charge < -0.3 is 24.0 Å². The SMILES string of the molecule is CCCCCCC(CCCC)CCC(=O)OCCCCCCCC(CCCCCCCOC(=O)CCC(CCCC)CCCCCC)N(CC1CCN(C)CC1)C(=O)OCc1ccccc1. The Kier molecular flexibility index (Phi) is 37.3. The molecule has 1 aliphatic rings. The van der Waals surface area contributed by atoms with Crippen molar-refractivity contribution in [3.8, 4) is 0 Å². The van der Waals surface area contributed by atoms with Gasteiger partial charge in [0.2, 0.25) is 0 Å². The third-order valence-electron chi connectivity index (χ3n) is 14.4. The molecule has 0 radical (unpaired) electrons. The molecule has 2 atom stereocenters. The molecule has 2 unspecified atom stereocenters. The van der Waals surface area contributed by atoms with Crippen LogP contribution in [0.25, 0.3) is 0 Å². The van der Waals surface area contributed by atoms with Gasteiger partial charge in [-0.3, -0.25) is 9.59 Å². The number of carbonyl (C=O) groups excluding carboxylic acids is 3. The van der Waals surface area contributed by atoms with E-state index in [0.717, 1.165) is 128 Å². The fourth-order valence-corrected chi connectivity index (χ4v) is 9.91. The van der Waals surface area contributed by atoms with Gasteiger partial charge >= 0.3 is 18.0 Å². The molecule has 0 aromatic heterocycles. The molecule has 0 spiro atoms. The molecule has 0 N–H and O–H groups in total. The van der Waals surface area contributed by atoms with E-state index < -0.39 is 0 Å². The molecule has 1 aromatic carbocycles. The molecule has 1 saturated heterocycles. The van der Waals surface area contributed by atoms with E-state index >= 15 is 0 Å². The van der Waals surface area contributed by atoms with Crippen molar-refractivity contribution >= 4 is 18.0 Å². The summed E-state index contributed by atoms with van der Waals surface area (Å²) >= 11 is 0. The number of hydrogen-bond acceptors (Lipinski definition) is 7. The molecule has 1 amide bonds. The summed E-state index contributed by atoms with van der Waals surface area (Å²) in [5.74, 6) is 1.75. The number of carbonyl (C=O) groups is 3. The first kappa shape index (κ1) is 59.5. The van der Waals surface area contributed by atoms with Gasteiger partial charge in [-0.15, -0.1) is 0 Å². The van der Waals surface area contributed by atoms with Crippen LogP contribution in [0.4, 0.5) is 4.79 Å². The first-order chi connectivity index (χ1) is 32.3. The highest BCUT2D eigenvalue weighted by Crippen LogP contribution is 2.27.